The summed E-state index contributed by atoms with van der Waals surface area (Å²) in [6.07, 6.45) is -1.28. The third-order valence-corrected chi connectivity index (χ3v) is 6.49. The molecule has 2 heterocycles. The minimum Gasteiger partial charge on any atom is -0.406 e. The smallest absolute Gasteiger partial charge is 0.406 e. The van der Waals surface area contributed by atoms with Gasteiger partial charge in [-0.15, -0.1) is 13.2 Å². The standard InChI is InChI=1S/C24H17ClF3N3O3/c1-14-12-23(14)21(32)30(15-6-8-16(9-7-15)34-24(26,27)28)22(33)31(23)20-10-11-29-13-18(20)17-4-2-3-5-19(17)25/h2-11,13-14H,12H2,1H3. The van der Waals surface area contributed by atoms with Gasteiger partial charge in [0.2, 0.25) is 0 Å². The maximum absolute atomic E-state index is 13.7. The number of aromatic nitrogens is 1. The quantitative estimate of drug-likeness (QED) is 0.420. The highest BCUT2D eigenvalue weighted by Crippen LogP contribution is 2.56. The van der Waals surface area contributed by atoms with E-state index in [2.05, 4.69) is 9.72 Å². The summed E-state index contributed by atoms with van der Waals surface area (Å²) in [4.78, 5) is 33.8. The minimum atomic E-state index is -4.85. The van der Waals surface area contributed by atoms with Crippen LogP contribution in [0.1, 0.15) is 13.3 Å². The third kappa shape index (κ3) is 3.47. The molecule has 1 aromatic heterocycles. The lowest BCUT2D eigenvalue weighted by Crippen LogP contribution is -2.39. The molecule has 1 aliphatic heterocycles. The highest BCUT2D eigenvalue weighted by Gasteiger charge is 2.70. The molecule has 6 nitrogen and oxygen atoms in total. The van der Waals surface area contributed by atoms with E-state index in [-0.39, 0.29) is 11.6 Å². The average Bonchev–Trinajstić information content (AvgIpc) is 3.40. The maximum Gasteiger partial charge on any atom is 0.573 e. The lowest BCUT2D eigenvalue weighted by molar-refractivity contribution is -0.274. The molecule has 2 aromatic carbocycles. The van der Waals surface area contributed by atoms with Gasteiger partial charge in [0.1, 0.15) is 11.3 Å². The number of ether oxygens (including phenoxy) is 1. The molecule has 2 aliphatic rings. The number of halogens is 4. The Labute approximate surface area is 197 Å². The van der Waals surface area contributed by atoms with Crippen LogP contribution in [0.25, 0.3) is 11.1 Å². The first-order valence-corrected chi connectivity index (χ1v) is 10.7. The molecule has 2 atom stereocenters. The van der Waals surface area contributed by atoms with Crippen LogP contribution in [0.2, 0.25) is 5.02 Å². The number of alkyl halides is 3. The summed E-state index contributed by atoms with van der Waals surface area (Å²) in [5.41, 5.74) is 0.783. The molecule has 2 fully saturated rings. The number of hydrogen-bond donors (Lipinski definition) is 0. The van der Waals surface area contributed by atoms with E-state index < -0.39 is 29.6 Å². The second-order valence-corrected chi connectivity index (χ2v) is 8.61. The Bertz CT molecular complexity index is 1300. The van der Waals surface area contributed by atoms with Crippen LogP contribution in [0.5, 0.6) is 5.75 Å². The maximum atomic E-state index is 13.7. The summed E-state index contributed by atoms with van der Waals surface area (Å²) >= 11 is 6.40. The van der Waals surface area contributed by atoms with Crippen molar-refractivity contribution >= 4 is 34.9 Å². The number of nitrogens with zero attached hydrogens (tertiary/aromatic N) is 3. The summed E-state index contributed by atoms with van der Waals surface area (Å²) in [6, 6.07) is 12.8. The Morgan fingerprint density at radius 2 is 1.74 bits per heavy atom. The van der Waals surface area contributed by atoms with Crippen LogP contribution in [-0.4, -0.2) is 28.8 Å². The van der Waals surface area contributed by atoms with Crippen molar-refractivity contribution in [1.82, 2.24) is 4.98 Å². The molecule has 0 radical (unpaired) electrons. The van der Waals surface area contributed by atoms with Crippen LogP contribution in [0.15, 0.2) is 67.0 Å². The molecule has 0 bridgehead atoms. The third-order valence-electron chi connectivity index (χ3n) is 6.16. The van der Waals surface area contributed by atoms with Gasteiger partial charge in [0.15, 0.2) is 0 Å². The molecule has 3 aromatic rings. The van der Waals surface area contributed by atoms with Crippen LogP contribution in [-0.2, 0) is 4.79 Å². The van der Waals surface area contributed by atoms with E-state index in [9.17, 15) is 22.8 Å². The van der Waals surface area contributed by atoms with Gasteiger partial charge >= 0.3 is 12.4 Å². The predicted molar refractivity (Wildman–Crippen MR) is 120 cm³/mol. The molecular formula is C24H17ClF3N3O3. The second-order valence-electron chi connectivity index (χ2n) is 8.20. The summed E-state index contributed by atoms with van der Waals surface area (Å²) in [7, 11) is 0. The fraction of sp³-hybridized carbons (Fsp3) is 0.208. The predicted octanol–water partition coefficient (Wildman–Crippen LogP) is 6.05. The van der Waals surface area contributed by atoms with Crippen LogP contribution >= 0.6 is 11.6 Å². The summed E-state index contributed by atoms with van der Waals surface area (Å²) in [5, 5.41) is 0.463. The van der Waals surface area contributed by atoms with E-state index in [0.29, 0.717) is 28.3 Å². The van der Waals surface area contributed by atoms with Crippen molar-refractivity contribution in [3.05, 3.63) is 72.0 Å². The number of rotatable bonds is 4. The van der Waals surface area contributed by atoms with Crippen molar-refractivity contribution in [2.24, 2.45) is 5.92 Å². The molecular weight excluding hydrogens is 471 g/mol. The Morgan fingerprint density at radius 1 is 1.06 bits per heavy atom. The van der Waals surface area contributed by atoms with Gasteiger partial charge in [-0.1, -0.05) is 36.7 Å². The fourth-order valence-corrected chi connectivity index (χ4v) is 4.71. The van der Waals surface area contributed by atoms with E-state index in [1.165, 1.54) is 23.2 Å². The van der Waals surface area contributed by atoms with Gasteiger partial charge in [-0.25, -0.2) is 9.69 Å². The van der Waals surface area contributed by atoms with Crippen LogP contribution in [0.4, 0.5) is 29.3 Å². The SMILES string of the molecule is CC1CC12C(=O)N(c1ccc(OC(F)(F)F)cc1)C(=O)N2c1ccncc1-c1ccccc1Cl. The van der Waals surface area contributed by atoms with Crippen molar-refractivity contribution in [2.45, 2.75) is 25.2 Å². The monoisotopic (exact) mass is 487 g/mol. The minimum absolute atomic E-state index is 0.117. The molecule has 10 heteroatoms. The van der Waals surface area contributed by atoms with Crippen molar-refractivity contribution in [3.8, 4) is 16.9 Å². The summed E-state index contributed by atoms with van der Waals surface area (Å²) in [5.74, 6) is -0.998. The van der Waals surface area contributed by atoms with Crippen molar-refractivity contribution in [3.63, 3.8) is 0 Å². The molecule has 34 heavy (non-hydrogen) atoms. The molecule has 3 amide bonds. The number of anilines is 2. The Hall–Kier alpha value is -3.59. The van der Waals surface area contributed by atoms with Crippen molar-refractivity contribution in [2.75, 3.05) is 9.80 Å². The van der Waals surface area contributed by atoms with Crippen LogP contribution < -0.4 is 14.5 Å². The van der Waals surface area contributed by atoms with Gasteiger partial charge < -0.3 is 4.74 Å². The first-order valence-electron chi connectivity index (χ1n) is 10.4. The number of urea groups is 1. The Balaban J connectivity index is 1.57. The second kappa shape index (κ2) is 7.73. The highest BCUT2D eigenvalue weighted by molar-refractivity contribution is 6.34. The van der Waals surface area contributed by atoms with Crippen molar-refractivity contribution < 1.29 is 27.5 Å². The summed E-state index contributed by atoms with van der Waals surface area (Å²) < 4.78 is 41.4. The van der Waals surface area contributed by atoms with Gasteiger partial charge in [0.25, 0.3) is 5.91 Å². The number of carbonyl (C=O) groups is 2. The lowest BCUT2D eigenvalue weighted by Gasteiger charge is -2.25. The largest absolute Gasteiger partial charge is 0.573 e. The number of imide groups is 1. The van der Waals surface area contributed by atoms with Gasteiger partial charge in [-0.3, -0.25) is 14.7 Å². The average molecular weight is 488 g/mol. The molecule has 1 saturated heterocycles. The van der Waals surface area contributed by atoms with Gasteiger partial charge in [0, 0.05) is 28.5 Å². The molecule has 5 rings (SSSR count). The van der Waals surface area contributed by atoms with Crippen molar-refractivity contribution in [1.29, 1.82) is 0 Å². The lowest BCUT2D eigenvalue weighted by atomic mass is 10.0. The first kappa shape index (κ1) is 22.2. The molecule has 174 valence electrons. The zero-order valence-corrected chi connectivity index (χ0v) is 18.5. The van der Waals surface area contributed by atoms with Gasteiger partial charge in [0.05, 0.1) is 11.4 Å². The highest BCUT2D eigenvalue weighted by atomic mass is 35.5. The Morgan fingerprint density at radius 3 is 2.35 bits per heavy atom. The molecule has 1 spiro atoms. The number of pyridine rings is 1. The summed E-state index contributed by atoms with van der Waals surface area (Å²) in [6.45, 7) is 1.87. The number of amides is 3. The van der Waals surface area contributed by atoms with E-state index >= 15 is 0 Å². The van der Waals surface area contributed by atoms with Crippen LogP contribution in [0.3, 0.4) is 0 Å². The molecule has 1 saturated carbocycles. The van der Waals surface area contributed by atoms with E-state index in [1.807, 2.05) is 6.92 Å². The molecule has 1 aliphatic carbocycles. The van der Waals surface area contributed by atoms with E-state index in [1.54, 1.807) is 36.5 Å². The number of carbonyl (C=O) groups excluding carboxylic acids is 2. The van der Waals surface area contributed by atoms with Gasteiger partial charge in [-0.05, 0) is 48.7 Å². The van der Waals surface area contributed by atoms with E-state index in [4.69, 9.17) is 11.6 Å². The zero-order chi connectivity index (χ0) is 24.3. The normalized spacial score (nSPS) is 22.0. The molecule has 0 N–H and O–H groups in total. The van der Waals surface area contributed by atoms with Gasteiger partial charge in [-0.2, -0.15) is 0 Å². The first-order chi connectivity index (χ1) is 16.1. The Kier molecular flexibility index (Phi) is 5.05. The molecule has 2 unspecified atom stereocenters. The fourth-order valence-electron chi connectivity index (χ4n) is 4.48. The van der Waals surface area contributed by atoms with Crippen LogP contribution in [0, 0.1) is 5.92 Å². The number of benzene rings is 2. The topological polar surface area (TPSA) is 62.7 Å². The van der Waals surface area contributed by atoms with E-state index in [0.717, 1.165) is 17.0 Å². The zero-order valence-electron chi connectivity index (χ0n) is 17.7. The number of hydrogen-bond acceptors (Lipinski definition) is 4.